The fraction of sp³-hybridized carbons (Fsp3) is 0.400. The summed E-state index contributed by atoms with van der Waals surface area (Å²) in [5.74, 6) is -1.06. The van der Waals surface area contributed by atoms with Crippen molar-refractivity contribution in [3.63, 3.8) is 0 Å². The fourth-order valence-electron chi connectivity index (χ4n) is 2.74. The minimum atomic E-state index is -0.489. The standard InChI is InChI=1S/C20H25ClN4O3/c1-11-7-14(21)9-15(18(27)22-10-13(3)26)17(11)23-19(28)16-8-12(2)24-25(16)20(4,5)6/h7-9H,10H2,1-6H3,(H,22,27)(H,23,28). The second-order valence-corrected chi connectivity index (χ2v) is 8.17. The highest BCUT2D eigenvalue weighted by Crippen LogP contribution is 2.27. The number of hydrogen-bond acceptors (Lipinski definition) is 4. The van der Waals surface area contributed by atoms with Gasteiger partial charge < -0.3 is 10.6 Å². The van der Waals surface area contributed by atoms with Gasteiger partial charge in [0.05, 0.1) is 29.0 Å². The van der Waals surface area contributed by atoms with Crippen LogP contribution in [0.25, 0.3) is 0 Å². The van der Waals surface area contributed by atoms with Gasteiger partial charge in [0, 0.05) is 5.02 Å². The zero-order valence-electron chi connectivity index (χ0n) is 16.9. The van der Waals surface area contributed by atoms with Gasteiger partial charge in [0.2, 0.25) is 0 Å². The monoisotopic (exact) mass is 404 g/mol. The minimum Gasteiger partial charge on any atom is -0.345 e. The van der Waals surface area contributed by atoms with Crippen LogP contribution in [0.1, 0.15) is 59.8 Å². The number of nitrogens with zero attached hydrogens (tertiary/aromatic N) is 2. The Kier molecular flexibility index (Phi) is 6.29. The summed E-state index contributed by atoms with van der Waals surface area (Å²) in [5.41, 5.74) is 1.87. The van der Waals surface area contributed by atoms with E-state index in [1.54, 1.807) is 23.7 Å². The molecule has 0 radical (unpaired) electrons. The molecule has 8 heteroatoms. The molecule has 1 aromatic heterocycles. The first-order chi connectivity index (χ1) is 12.9. The van der Waals surface area contributed by atoms with Gasteiger partial charge in [-0.3, -0.25) is 19.1 Å². The number of halogens is 1. The van der Waals surface area contributed by atoms with Crippen LogP contribution in [0.3, 0.4) is 0 Å². The molecule has 28 heavy (non-hydrogen) atoms. The molecule has 0 aliphatic rings. The smallest absolute Gasteiger partial charge is 0.273 e. The lowest BCUT2D eigenvalue weighted by Gasteiger charge is -2.22. The van der Waals surface area contributed by atoms with E-state index in [-0.39, 0.29) is 23.8 Å². The van der Waals surface area contributed by atoms with Crippen LogP contribution in [0.4, 0.5) is 5.69 Å². The molecule has 1 heterocycles. The lowest BCUT2D eigenvalue weighted by Crippen LogP contribution is -2.31. The summed E-state index contributed by atoms with van der Waals surface area (Å²) in [6.45, 7) is 10.7. The lowest BCUT2D eigenvalue weighted by molar-refractivity contribution is -0.116. The average molecular weight is 405 g/mol. The van der Waals surface area contributed by atoms with Crippen LogP contribution in [-0.4, -0.2) is 33.9 Å². The summed E-state index contributed by atoms with van der Waals surface area (Å²) in [6.07, 6.45) is 0. The number of ketones is 1. The second-order valence-electron chi connectivity index (χ2n) is 7.74. The van der Waals surface area contributed by atoms with Crippen molar-refractivity contribution in [2.45, 2.75) is 47.1 Å². The van der Waals surface area contributed by atoms with Crippen molar-refractivity contribution in [2.75, 3.05) is 11.9 Å². The van der Waals surface area contributed by atoms with Crippen molar-refractivity contribution >= 4 is 34.9 Å². The summed E-state index contributed by atoms with van der Waals surface area (Å²) < 4.78 is 1.65. The number of carbonyl (C=O) groups excluding carboxylic acids is 3. The van der Waals surface area contributed by atoms with Crippen LogP contribution >= 0.6 is 11.6 Å². The van der Waals surface area contributed by atoms with Gasteiger partial charge in [0.15, 0.2) is 0 Å². The van der Waals surface area contributed by atoms with Gasteiger partial charge in [-0.05, 0) is 65.3 Å². The fourth-order valence-corrected chi connectivity index (χ4v) is 3.01. The Morgan fingerprint density at radius 2 is 1.75 bits per heavy atom. The molecule has 0 aliphatic heterocycles. The minimum absolute atomic E-state index is 0.103. The van der Waals surface area contributed by atoms with Crippen molar-refractivity contribution < 1.29 is 14.4 Å². The van der Waals surface area contributed by atoms with E-state index in [1.165, 1.54) is 13.0 Å². The second kappa shape index (κ2) is 8.14. The normalized spacial score (nSPS) is 11.2. The molecule has 0 spiro atoms. The highest BCUT2D eigenvalue weighted by Gasteiger charge is 2.25. The van der Waals surface area contributed by atoms with Crippen molar-refractivity contribution in [1.29, 1.82) is 0 Å². The zero-order chi connectivity index (χ0) is 21.2. The van der Waals surface area contributed by atoms with E-state index in [9.17, 15) is 14.4 Å². The van der Waals surface area contributed by atoms with E-state index in [0.717, 1.165) is 0 Å². The number of hydrogen-bond donors (Lipinski definition) is 2. The molecule has 0 saturated heterocycles. The highest BCUT2D eigenvalue weighted by molar-refractivity contribution is 6.31. The van der Waals surface area contributed by atoms with Gasteiger partial charge in [-0.15, -0.1) is 0 Å². The maximum atomic E-state index is 13.0. The Hall–Kier alpha value is -2.67. The molecule has 7 nitrogen and oxygen atoms in total. The van der Waals surface area contributed by atoms with Crippen LogP contribution in [0.15, 0.2) is 18.2 Å². The number of Topliss-reactive ketones (excluding diaryl/α,β-unsaturated/α-hetero) is 1. The average Bonchev–Trinajstić information content (AvgIpc) is 2.97. The maximum Gasteiger partial charge on any atom is 0.273 e. The predicted octanol–water partition coefficient (Wildman–Crippen LogP) is 3.48. The summed E-state index contributed by atoms with van der Waals surface area (Å²) in [6, 6.07) is 4.82. The topological polar surface area (TPSA) is 93.1 Å². The molecule has 2 aromatic rings. The van der Waals surface area contributed by atoms with Crippen LogP contribution in [0, 0.1) is 13.8 Å². The predicted molar refractivity (Wildman–Crippen MR) is 109 cm³/mol. The Labute approximate surface area is 169 Å². The Morgan fingerprint density at radius 3 is 2.32 bits per heavy atom. The molecule has 0 aliphatic carbocycles. The molecular weight excluding hydrogens is 380 g/mol. The molecule has 2 amide bonds. The molecule has 0 saturated carbocycles. The van der Waals surface area contributed by atoms with E-state index < -0.39 is 11.4 Å². The van der Waals surface area contributed by atoms with Crippen LogP contribution in [0.5, 0.6) is 0 Å². The highest BCUT2D eigenvalue weighted by atomic mass is 35.5. The third-order valence-corrected chi connectivity index (χ3v) is 4.20. The zero-order valence-corrected chi connectivity index (χ0v) is 17.7. The number of anilines is 1. The summed E-state index contributed by atoms with van der Waals surface area (Å²) >= 11 is 6.10. The van der Waals surface area contributed by atoms with E-state index in [4.69, 9.17) is 11.6 Å². The summed E-state index contributed by atoms with van der Waals surface area (Å²) in [7, 11) is 0. The van der Waals surface area contributed by atoms with Crippen LogP contribution in [0.2, 0.25) is 5.02 Å². The lowest BCUT2D eigenvalue weighted by atomic mass is 10.1. The van der Waals surface area contributed by atoms with Crippen molar-refractivity contribution in [3.8, 4) is 0 Å². The molecule has 2 rings (SSSR count). The summed E-state index contributed by atoms with van der Waals surface area (Å²) in [5, 5.41) is 10.1. The van der Waals surface area contributed by atoms with Crippen molar-refractivity contribution in [1.82, 2.24) is 15.1 Å². The van der Waals surface area contributed by atoms with Gasteiger partial charge in [-0.25, -0.2) is 0 Å². The molecule has 0 bridgehead atoms. The molecule has 150 valence electrons. The largest absolute Gasteiger partial charge is 0.345 e. The Balaban J connectivity index is 2.43. The number of aromatic nitrogens is 2. The first-order valence-corrected chi connectivity index (χ1v) is 9.24. The van der Waals surface area contributed by atoms with Crippen molar-refractivity contribution in [3.05, 3.63) is 45.7 Å². The molecule has 0 atom stereocenters. The maximum absolute atomic E-state index is 13.0. The first kappa shape index (κ1) is 21.6. The quantitative estimate of drug-likeness (QED) is 0.797. The molecular formula is C20H25ClN4O3. The molecule has 0 fully saturated rings. The van der Waals surface area contributed by atoms with Gasteiger partial charge in [0.25, 0.3) is 11.8 Å². The van der Waals surface area contributed by atoms with E-state index in [0.29, 0.717) is 27.7 Å². The van der Waals surface area contributed by atoms with E-state index >= 15 is 0 Å². The number of carbonyl (C=O) groups is 3. The molecule has 0 unspecified atom stereocenters. The molecule has 1 aromatic carbocycles. The molecule has 2 N–H and O–H groups in total. The number of rotatable bonds is 5. The van der Waals surface area contributed by atoms with Gasteiger partial charge in [0.1, 0.15) is 11.5 Å². The van der Waals surface area contributed by atoms with Gasteiger partial charge in [-0.1, -0.05) is 11.6 Å². The number of amides is 2. The number of aryl methyl sites for hydroxylation is 2. The Morgan fingerprint density at radius 1 is 1.11 bits per heavy atom. The van der Waals surface area contributed by atoms with E-state index in [1.807, 2.05) is 27.7 Å². The number of benzene rings is 1. The first-order valence-electron chi connectivity index (χ1n) is 8.86. The van der Waals surface area contributed by atoms with Gasteiger partial charge in [-0.2, -0.15) is 5.10 Å². The SMILES string of the molecule is CC(=O)CNC(=O)c1cc(Cl)cc(C)c1NC(=O)c1cc(C)nn1C(C)(C)C. The third-order valence-electron chi connectivity index (χ3n) is 3.98. The van der Waals surface area contributed by atoms with Crippen LogP contribution < -0.4 is 10.6 Å². The number of nitrogens with one attached hydrogen (secondary N) is 2. The van der Waals surface area contributed by atoms with Crippen molar-refractivity contribution in [2.24, 2.45) is 0 Å². The Bertz CT molecular complexity index is 942. The third kappa shape index (κ3) is 4.98. The van der Waals surface area contributed by atoms with Gasteiger partial charge >= 0.3 is 0 Å². The van der Waals surface area contributed by atoms with Crippen LogP contribution in [-0.2, 0) is 10.3 Å². The van der Waals surface area contributed by atoms with E-state index in [2.05, 4.69) is 15.7 Å². The summed E-state index contributed by atoms with van der Waals surface area (Å²) in [4.78, 5) is 36.7.